The average molecular weight is 433 g/mol. The van der Waals surface area contributed by atoms with Crippen LogP contribution in [0.15, 0.2) is 72.8 Å². The molecule has 0 atom stereocenters. The van der Waals surface area contributed by atoms with E-state index in [9.17, 15) is 19.1 Å². The predicted molar refractivity (Wildman–Crippen MR) is 122 cm³/mol. The highest BCUT2D eigenvalue weighted by Gasteiger charge is 2.21. The van der Waals surface area contributed by atoms with Crippen molar-refractivity contribution in [3.8, 4) is 0 Å². The van der Waals surface area contributed by atoms with Gasteiger partial charge in [-0.25, -0.2) is 9.18 Å². The Hall–Kier alpha value is -3.71. The van der Waals surface area contributed by atoms with Gasteiger partial charge in [-0.2, -0.15) is 0 Å². The standard InChI is InChI=1S/C25H24FN3O3/c26-22-9-5-4-8-19(22)17-28-12-14-29(15-13-28)20-10-11-23(21(16-20)25(31)32)27-24(30)18-6-2-1-3-7-18/h1-11,16H,12-15,17H2,(H,27,30)(H,31,32). The highest BCUT2D eigenvalue weighted by Crippen LogP contribution is 2.25. The largest absolute Gasteiger partial charge is 0.478 e. The van der Waals surface area contributed by atoms with E-state index >= 15 is 0 Å². The average Bonchev–Trinajstić information content (AvgIpc) is 2.82. The van der Waals surface area contributed by atoms with Crippen molar-refractivity contribution in [1.82, 2.24) is 4.90 Å². The van der Waals surface area contributed by atoms with Crippen molar-refractivity contribution in [2.45, 2.75) is 6.54 Å². The number of anilines is 2. The molecule has 1 amide bonds. The number of carbonyl (C=O) groups excluding carboxylic acids is 1. The van der Waals surface area contributed by atoms with Crippen molar-refractivity contribution in [3.63, 3.8) is 0 Å². The van der Waals surface area contributed by atoms with Crippen molar-refractivity contribution in [2.75, 3.05) is 36.4 Å². The first kappa shape index (κ1) is 21.5. The molecule has 0 saturated carbocycles. The molecule has 0 aliphatic carbocycles. The molecule has 0 radical (unpaired) electrons. The lowest BCUT2D eigenvalue weighted by Gasteiger charge is -2.36. The van der Waals surface area contributed by atoms with Crippen LogP contribution in [0.1, 0.15) is 26.3 Å². The maximum Gasteiger partial charge on any atom is 0.337 e. The molecule has 164 valence electrons. The van der Waals surface area contributed by atoms with Crippen LogP contribution in [0, 0.1) is 5.82 Å². The van der Waals surface area contributed by atoms with E-state index in [2.05, 4.69) is 15.1 Å². The molecule has 1 fully saturated rings. The van der Waals surface area contributed by atoms with Gasteiger partial charge in [-0.05, 0) is 36.4 Å². The molecule has 3 aromatic rings. The maximum absolute atomic E-state index is 13.9. The predicted octanol–water partition coefficient (Wildman–Crippen LogP) is 4.10. The molecular weight excluding hydrogens is 409 g/mol. The van der Waals surface area contributed by atoms with Crippen LogP contribution >= 0.6 is 0 Å². The van der Waals surface area contributed by atoms with Crippen molar-refractivity contribution in [2.24, 2.45) is 0 Å². The summed E-state index contributed by atoms with van der Waals surface area (Å²) in [4.78, 5) is 28.6. The summed E-state index contributed by atoms with van der Waals surface area (Å²) >= 11 is 0. The molecule has 1 saturated heterocycles. The first-order chi connectivity index (χ1) is 15.5. The number of benzene rings is 3. The second-order valence-electron chi connectivity index (χ2n) is 7.71. The molecule has 3 aromatic carbocycles. The van der Waals surface area contributed by atoms with Crippen LogP contribution in [-0.2, 0) is 6.54 Å². The molecule has 1 heterocycles. The number of piperazine rings is 1. The minimum Gasteiger partial charge on any atom is -0.478 e. The Morgan fingerprint density at radius 2 is 1.59 bits per heavy atom. The minimum atomic E-state index is -1.10. The molecule has 7 heteroatoms. The van der Waals surface area contributed by atoms with E-state index in [0.29, 0.717) is 30.8 Å². The SMILES string of the molecule is O=C(Nc1ccc(N2CCN(Cc3ccccc3F)CC2)cc1C(=O)O)c1ccccc1. The molecule has 0 bridgehead atoms. The van der Waals surface area contributed by atoms with E-state index in [4.69, 9.17) is 0 Å². The molecule has 4 rings (SSSR count). The zero-order chi connectivity index (χ0) is 22.5. The Morgan fingerprint density at radius 1 is 0.906 bits per heavy atom. The molecule has 0 unspecified atom stereocenters. The zero-order valence-electron chi connectivity index (χ0n) is 17.5. The van der Waals surface area contributed by atoms with Crippen LogP contribution in [0.4, 0.5) is 15.8 Å². The molecule has 1 aliphatic heterocycles. The van der Waals surface area contributed by atoms with Gasteiger partial charge in [-0.3, -0.25) is 9.69 Å². The van der Waals surface area contributed by atoms with Gasteiger partial charge in [-0.1, -0.05) is 36.4 Å². The molecule has 2 N–H and O–H groups in total. The van der Waals surface area contributed by atoms with E-state index in [0.717, 1.165) is 18.8 Å². The number of carboxylic acid groups (broad SMARTS) is 1. The fraction of sp³-hybridized carbons (Fsp3) is 0.200. The molecule has 32 heavy (non-hydrogen) atoms. The van der Waals surface area contributed by atoms with E-state index in [1.807, 2.05) is 18.2 Å². The zero-order valence-corrected chi connectivity index (χ0v) is 17.5. The number of rotatable bonds is 6. The van der Waals surface area contributed by atoms with Gasteiger partial charge in [0.05, 0.1) is 11.3 Å². The number of amides is 1. The number of nitrogens with zero attached hydrogens (tertiary/aromatic N) is 2. The van der Waals surface area contributed by atoms with Crippen LogP contribution in [0.3, 0.4) is 0 Å². The Morgan fingerprint density at radius 3 is 2.28 bits per heavy atom. The fourth-order valence-electron chi connectivity index (χ4n) is 3.83. The molecule has 0 spiro atoms. The summed E-state index contributed by atoms with van der Waals surface area (Å²) in [5, 5.41) is 12.4. The van der Waals surface area contributed by atoms with Crippen molar-refractivity contribution in [3.05, 3.63) is 95.3 Å². The van der Waals surface area contributed by atoms with Gasteiger partial charge in [0, 0.05) is 49.5 Å². The smallest absolute Gasteiger partial charge is 0.337 e. The summed E-state index contributed by atoms with van der Waals surface area (Å²) < 4.78 is 13.9. The molecule has 1 aliphatic rings. The lowest BCUT2D eigenvalue weighted by molar-refractivity contribution is 0.0698. The Labute approximate surface area is 185 Å². The van der Waals surface area contributed by atoms with E-state index in [-0.39, 0.29) is 23.0 Å². The van der Waals surface area contributed by atoms with Crippen LogP contribution in [0.2, 0.25) is 0 Å². The number of carbonyl (C=O) groups is 2. The van der Waals surface area contributed by atoms with Crippen LogP contribution in [0.5, 0.6) is 0 Å². The van der Waals surface area contributed by atoms with Gasteiger partial charge in [0.25, 0.3) is 5.91 Å². The number of aromatic carboxylic acids is 1. The number of halogens is 1. The van der Waals surface area contributed by atoms with Crippen LogP contribution < -0.4 is 10.2 Å². The number of nitrogens with one attached hydrogen (secondary N) is 1. The summed E-state index contributed by atoms with van der Waals surface area (Å²) in [5.74, 6) is -1.66. The Kier molecular flexibility index (Phi) is 6.47. The Bertz CT molecular complexity index is 1110. The monoisotopic (exact) mass is 433 g/mol. The number of hydrogen-bond acceptors (Lipinski definition) is 4. The summed E-state index contributed by atoms with van der Waals surface area (Å²) in [5.41, 5.74) is 2.21. The highest BCUT2D eigenvalue weighted by atomic mass is 19.1. The second kappa shape index (κ2) is 9.62. The van der Waals surface area contributed by atoms with Crippen molar-refractivity contribution in [1.29, 1.82) is 0 Å². The van der Waals surface area contributed by atoms with Gasteiger partial charge in [-0.15, -0.1) is 0 Å². The topological polar surface area (TPSA) is 72.9 Å². The normalized spacial score (nSPS) is 14.2. The van der Waals surface area contributed by atoms with Gasteiger partial charge in [0.1, 0.15) is 5.82 Å². The van der Waals surface area contributed by atoms with Gasteiger partial charge in [0.2, 0.25) is 0 Å². The van der Waals surface area contributed by atoms with E-state index in [1.165, 1.54) is 6.07 Å². The van der Waals surface area contributed by atoms with Crippen LogP contribution in [0.25, 0.3) is 0 Å². The van der Waals surface area contributed by atoms with Gasteiger partial charge >= 0.3 is 5.97 Å². The third-order valence-electron chi connectivity index (χ3n) is 5.61. The van der Waals surface area contributed by atoms with Crippen molar-refractivity contribution < 1.29 is 19.1 Å². The third kappa shape index (κ3) is 4.95. The van der Waals surface area contributed by atoms with E-state index < -0.39 is 5.97 Å². The van der Waals surface area contributed by atoms with Gasteiger partial charge < -0.3 is 15.3 Å². The number of carboxylic acids is 1. The second-order valence-corrected chi connectivity index (χ2v) is 7.71. The summed E-state index contributed by atoms with van der Waals surface area (Å²) in [6, 6.07) is 20.5. The lowest BCUT2D eigenvalue weighted by Crippen LogP contribution is -2.46. The summed E-state index contributed by atoms with van der Waals surface area (Å²) in [7, 11) is 0. The minimum absolute atomic E-state index is 0.0422. The van der Waals surface area contributed by atoms with Crippen LogP contribution in [-0.4, -0.2) is 48.1 Å². The third-order valence-corrected chi connectivity index (χ3v) is 5.61. The van der Waals surface area contributed by atoms with Gasteiger partial charge in [0.15, 0.2) is 0 Å². The molecule has 0 aromatic heterocycles. The number of hydrogen-bond donors (Lipinski definition) is 2. The fourth-order valence-corrected chi connectivity index (χ4v) is 3.83. The Balaban J connectivity index is 1.43. The summed E-state index contributed by atoms with van der Waals surface area (Å²) in [6.45, 7) is 3.42. The van der Waals surface area contributed by atoms with E-state index in [1.54, 1.807) is 48.5 Å². The maximum atomic E-state index is 13.9. The molecular formula is C25H24FN3O3. The molecule has 6 nitrogen and oxygen atoms in total. The first-order valence-electron chi connectivity index (χ1n) is 10.5. The lowest BCUT2D eigenvalue weighted by atomic mass is 10.1. The summed E-state index contributed by atoms with van der Waals surface area (Å²) in [6.07, 6.45) is 0. The quantitative estimate of drug-likeness (QED) is 0.612. The first-order valence-corrected chi connectivity index (χ1v) is 10.5. The van der Waals surface area contributed by atoms with Crippen molar-refractivity contribution >= 4 is 23.3 Å². The highest BCUT2D eigenvalue weighted by molar-refractivity contribution is 6.08.